The maximum Gasteiger partial charge on any atom is 0.340 e. The highest BCUT2D eigenvalue weighted by atomic mass is 79.9. The number of Topliss-reactive ketones (excluding diaryl/α,β-unsaturated/α-hetero) is 1. The molecule has 0 fully saturated rings. The average Bonchev–Trinajstić information content (AvgIpc) is 2.49. The van der Waals surface area contributed by atoms with Crippen molar-refractivity contribution < 1.29 is 17.4 Å². The Labute approximate surface area is 145 Å². The summed E-state index contributed by atoms with van der Waals surface area (Å²) >= 11 is 6.42. The van der Waals surface area contributed by atoms with Crippen LogP contribution < -0.4 is 4.18 Å². The average molecular weight is 448 g/mol. The smallest absolute Gasteiger partial charge is 0.340 e. The molecule has 116 valence electrons. The van der Waals surface area contributed by atoms with E-state index < -0.39 is 10.1 Å². The number of rotatable bonds is 5. The first-order chi connectivity index (χ1) is 10.3. The molecule has 2 aromatic carbocycles. The normalized spacial score (nSPS) is 11.2. The molecule has 0 saturated carbocycles. The number of ketones is 1. The van der Waals surface area contributed by atoms with Gasteiger partial charge >= 0.3 is 10.1 Å². The molecule has 4 nitrogen and oxygen atoms in total. The van der Waals surface area contributed by atoms with Gasteiger partial charge in [-0.2, -0.15) is 8.42 Å². The Morgan fingerprint density at radius 3 is 2.50 bits per heavy atom. The SMILES string of the molecule is CCC(=O)c1ccccc1OS(=O)(=O)c1cc(Br)ccc1Br. The molecule has 0 aliphatic heterocycles. The minimum Gasteiger partial charge on any atom is -0.378 e. The third-order valence-electron chi connectivity index (χ3n) is 2.87. The monoisotopic (exact) mass is 446 g/mol. The molecule has 0 atom stereocenters. The van der Waals surface area contributed by atoms with Gasteiger partial charge in [0.15, 0.2) is 11.5 Å². The van der Waals surface area contributed by atoms with Gasteiger partial charge in [-0.25, -0.2) is 0 Å². The number of benzene rings is 2. The summed E-state index contributed by atoms with van der Waals surface area (Å²) in [4.78, 5) is 11.9. The van der Waals surface area contributed by atoms with Gasteiger partial charge in [0, 0.05) is 15.4 Å². The largest absolute Gasteiger partial charge is 0.378 e. The molecule has 7 heteroatoms. The highest BCUT2D eigenvalue weighted by molar-refractivity contribution is 9.11. The summed E-state index contributed by atoms with van der Waals surface area (Å²) < 4.78 is 31.1. The van der Waals surface area contributed by atoms with Crippen molar-refractivity contribution in [2.24, 2.45) is 0 Å². The van der Waals surface area contributed by atoms with Crippen molar-refractivity contribution in [3.05, 3.63) is 57.0 Å². The lowest BCUT2D eigenvalue weighted by Gasteiger charge is -2.11. The second-order valence-corrected chi connectivity index (χ2v) is 7.67. The van der Waals surface area contributed by atoms with E-state index in [1.54, 1.807) is 37.3 Å². The van der Waals surface area contributed by atoms with E-state index in [0.717, 1.165) is 0 Å². The molecule has 0 radical (unpaired) electrons. The zero-order valence-corrected chi connectivity index (χ0v) is 15.5. The molecule has 0 aliphatic rings. The number of halogens is 2. The first-order valence-electron chi connectivity index (χ1n) is 6.37. The number of hydrogen-bond acceptors (Lipinski definition) is 4. The summed E-state index contributed by atoms with van der Waals surface area (Å²) in [6, 6.07) is 11.0. The lowest BCUT2D eigenvalue weighted by molar-refractivity contribution is 0.0986. The van der Waals surface area contributed by atoms with Gasteiger partial charge in [-0.15, -0.1) is 0 Å². The molecule has 0 N–H and O–H groups in total. The van der Waals surface area contributed by atoms with Gasteiger partial charge in [0.25, 0.3) is 0 Å². The van der Waals surface area contributed by atoms with Crippen molar-refractivity contribution in [2.75, 3.05) is 0 Å². The first kappa shape index (κ1) is 17.2. The van der Waals surface area contributed by atoms with Crippen LogP contribution in [0.3, 0.4) is 0 Å². The molecular formula is C15H12Br2O4S. The van der Waals surface area contributed by atoms with Crippen LogP contribution in [-0.2, 0) is 10.1 Å². The molecule has 22 heavy (non-hydrogen) atoms. The fraction of sp³-hybridized carbons (Fsp3) is 0.133. The molecule has 0 spiro atoms. The van der Waals surface area contributed by atoms with Crippen LogP contribution in [-0.4, -0.2) is 14.2 Å². The maximum atomic E-state index is 12.5. The van der Waals surface area contributed by atoms with Crippen molar-refractivity contribution in [1.82, 2.24) is 0 Å². The van der Waals surface area contributed by atoms with Gasteiger partial charge in [0.1, 0.15) is 4.90 Å². The highest BCUT2D eigenvalue weighted by Crippen LogP contribution is 2.29. The number of hydrogen-bond donors (Lipinski definition) is 0. The van der Waals surface area contributed by atoms with Crippen LogP contribution in [0.15, 0.2) is 56.3 Å². The summed E-state index contributed by atoms with van der Waals surface area (Å²) in [5.41, 5.74) is 0.250. The summed E-state index contributed by atoms with van der Waals surface area (Å²) in [5, 5.41) is 0. The van der Waals surface area contributed by atoms with Gasteiger partial charge < -0.3 is 4.18 Å². The summed E-state index contributed by atoms with van der Waals surface area (Å²) in [6.07, 6.45) is 0.265. The van der Waals surface area contributed by atoms with Crippen molar-refractivity contribution in [3.8, 4) is 5.75 Å². The predicted molar refractivity (Wildman–Crippen MR) is 90.7 cm³/mol. The molecule has 0 bridgehead atoms. The molecule has 2 aromatic rings. The Hall–Kier alpha value is -1.18. The van der Waals surface area contributed by atoms with Crippen molar-refractivity contribution in [3.63, 3.8) is 0 Å². The summed E-state index contributed by atoms with van der Waals surface area (Å²) in [5.74, 6) is -0.152. The topological polar surface area (TPSA) is 60.4 Å². The van der Waals surface area contributed by atoms with E-state index in [1.165, 1.54) is 12.1 Å². The van der Waals surface area contributed by atoms with E-state index in [4.69, 9.17) is 4.18 Å². The Bertz CT molecular complexity index is 816. The Morgan fingerprint density at radius 2 is 1.82 bits per heavy atom. The van der Waals surface area contributed by atoms with E-state index >= 15 is 0 Å². The van der Waals surface area contributed by atoms with Gasteiger partial charge in [0.05, 0.1) is 5.56 Å². The molecule has 0 amide bonds. The van der Waals surface area contributed by atoms with E-state index in [2.05, 4.69) is 31.9 Å². The molecule has 2 rings (SSSR count). The zero-order chi connectivity index (χ0) is 16.3. The van der Waals surface area contributed by atoms with E-state index in [-0.39, 0.29) is 28.4 Å². The van der Waals surface area contributed by atoms with Gasteiger partial charge in [-0.3, -0.25) is 4.79 Å². The van der Waals surface area contributed by atoms with Crippen molar-refractivity contribution in [2.45, 2.75) is 18.2 Å². The number of para-hydroxylation sites is 1. The van der Waals surface area contributed by atoms with Crippen LogP contribution in [0.5, 0.6) is 5.75 Å². The van der Waals surface area contributed by atoms with Crippen LogP contribution in [0.2, 0.25) is 0 Å². The lowest BCUT2D eigenvalue weighted by atomic mass is 10.1. The fourth-order valence-corrected chi connectivity index (χ4v) is 4.20. The van der Waals surface area contributed by atoms with Crippen LogP contribution in [0.4, 0.5) is 0 Å². The van der Waals surface area contributed by atoms with Crippen LogP contribution in [0.25, 0.3) is 0 Å². The quantitative estimate of drug-likeness (QED) is 0.497. The van der Waals surface area contributed by atoms with E-state index in [0.29, 0.717) is 8.95 Å². The second-order valence-electron chi connectivity index (χ2n) is 4.39. The molecule has 0 aromatic heterocycles. The Kier molecular flexibility index (Phi) is 5.41. The highest BCUT2D eigenvalue weighted by Gasteiger charge is 2.23. The second kappa shape index (κ2) is 6.93. The van der Waals surface area contributed by atoms with Gasteiger partial charge in [0.2, 0.25) is 0 Å². The Balaban J connectivity index is 2.46. The van der Waals surface area contributed by atoms with Crippen molar-refractivity contribution >= 4 is 47.8 Å². The molecule has 0 unspecified atom stereocenters. The molecule has 0 heterocycles. The van der Waals surface area contributed by atoms with E-state index in [1.807, 2.05) is 0 Å². The van der Waals surface area contributed by atoms with Crippen molar-refractivity contribution in [1.29, 1.82) is 0 Å². The van der Waals surface area contributed by atoms with Crippen LogP contribution in [0.1, 0.15) is 23.7 Å². The first-order valence-corrected chi connectivity index (χ1v) is 9.36. The molecular weight excluding hydrogens is 436 g/mol. The van der Waals surface area contributed by atoms with Gasteiger partial charge in [-0.05, 0) is 46.3 Å². The predicted octanol–water partition coefficient (Wildman–Crippen LogP) is 4.57. The van der Waals surface area contributed by atoms with Crippen LogP contribution in [0, 0.1) is 0 Å². The third-order valence-corrected chi connectivity index (χ3v) is 5.59. The zero-order valence-electron chi connectivity index (χ0n) is 11.5. The summed E-state index contributed by atoms with van der Waals surface area (Å²) in [6.45, 7) is 1.71. The molecule has 0 aliphatic carbocycles. The van der Waals surface area contributed by atoms with E-state index in [9.17, 15) is 13.2 Å². The van der Waals surface area contributed by atoms with Gasteiger partial charge in [-0.1, -0.05) is 35.0 Å². The van der Waals surface area contributed by atoms with Crippen LogP contribution >= 0.6 is 31.9 Å². The molecule has 0 saturated heterocycles. The summed E-state index contributed by atoms with van der Waals surface area (Å²) in [7, 11) is -4.06. The fourth-order valence-electron chi connectivity index (χ4n) is 1.79. The Morgan fingerprint density at radius 1 is 1.14 bits per heavy atom. The number of carbonyl (C=O) groups excluding carboxylic acids is 1. The minimum absolute atomic E-state index is 0.0133. The maximum absolute atomic E-state index is 12.5. The standard InChI is InChI=1S/C15H12Br2O4S/c1-2-13(18)11-5-3-4-6-14(11)21-22(19,20)15-9-10(16)7-8-12(15)17/h3-9H,2H2,1H3. The minimum atomic E-state index is -4.06. The number of carbonyl (C=O) groups is 1. The third kappa shape index (κ3) is 3.77. The lowest BCUT2D eigenvalue weighted by Crippen LogP contribution is -2.13.